The number of carbonyl (C=O) groups excluding carboxylic acids is 2. The van der Waals surface area contributed by atoms with Crippen molar-refractivity contribution >= 4 is 12.2 Å². The molecule has 1 rings (SSSR count). The standard InChI is InChI=1S/C10H8N2O2/c1-8-3-2-4-9(11-6-13)5-10(8)12-7-14/h3-5H,2H2,1H3. The minimum absolute atomic E-state index is 0.460. The number of isocyanates is 2. The van der Waals surface area contributed by atoms with Crippen LogP contribution in [0.3, 0.4) is 0 Å². The van der Waals surface area contributed by atoms with Crippen LogP contribution in [-0.4, -0.2) is 12.2 Å². The van der Waals surface area contributed by atoms with Crippen molar-refractivity contribution in [1.29, 1.82) is 0 Å². The lowest BCUT2D eigenvalue weighted by molar-refractivity contribution is 0.564. The first-order valence-electron chi connectivity index (χ1n) is 4.02. The van der Waals surface area contributed by atoms with E-state index in [1.165, 1.54) is 12.2 Å². The van der Waals surface area contributed by atoms with E-state index in [-0.39, 0.29) is 0 Å². The number of hydrogen-bond donors (Lipinski definition) is 0. The molecule has 0 fully saturated rings. The van der Waals surface area contributed by atoms with Crippen LogP contribution in [0.15, 0.2) is 45.2 Å². The summed E-state index contributed by atoms with van der Waals surface area (Å²) < 4.78 is 0. The molecule has 0 aromatic rings. The van der Waals surface area contributed by atoms with Crippen LogP contribution in [0.25, 0.3) is 0 Å². The van der Waals surface area contributed by atoms with Gasteiger partial charge in [0.05, 0.1) is 11.4 Å². The second-order valence-electron chi connectivity index (χ2n) is 2.69. The predicted molar refractivity (Wildman–Crippen MR) is 50.8 cm³/mol. The number of allylic oxidation sites excluding steroid dienone is 4. The highest BCUT2D eigenvalue weighted by atomic mass is 16.1. The molecule has 14 heavy (non-hydrogen) atoms. The molecular weight excluding hydrogens is 180 g/mol. The van der Waals surface area contributed by atoms with Crippen molar-refractivity contribution in [3.8, 4) is 0 Å². The van der Waals surface area contributed by atoms with Gasteiger partial charge in [-0.05, 0) is 25.0 Å². The average molecular weight is 188 g/mol. The van der Waals surface area contributed by atoms with Crippen LogP contribution >= 0.6 is 0 Å². The Balaban J connectivity index is 3.13. The van der Waals surface area contributed by atoms with Gasteiger partial charge in [-0.15, -0.1) is 0 Å². The maximum atomic E-state index is 10.1. The summed E-state index contributed by atoms with van der Waals surface area (Å²) in [6.45, 7) is 1.83. The van der Waals surface area contributed by atoms with Gasteiger partial charge in [-0.1, -0.05) is 12.2 Å². The Bertz CT molecular complexity index is 417. The molecule has 0 saturated carbocycles. The third-order valence-corrected chi connectivity index (χ3v) is 1.78. The average Bonchev–Trinajstić information content (AvgIpc) is 2.31. The quantitative estimate of drug-likeness (QED) is 0.489. The minimum atomic E-state index is 0.460. The molecule has 0 aromatic heterocycles. The molecule has 0 aromatic carbocycles. The molecule has 0 heterocycles. The van der Waals surface area contributed by atoms with Crippen molar-refractivity contribution in [2.75, 3.05) is 0 Å². The molecule has 1 aliphatic carbocycles. The smallest absolute Gasteiger partial charge is 0.211 e. The summed E-state index contributed by atoms with van der Waals surface area (Å²) in [6.07, 6.45) is 8.74. The second kappa shape index (κ2) is 4.87. The fraction of sp³-hybridized carbons (Fsp3) is 0.200. The Morgan fingerprint density at radius 1 is 1.21 bits per heavy atom. The Hall–Kier alpha value is -2.02. The zero-order chi connectivity index (χ0) is 10.4. The molecule has 0 saturated heterocycles. The van der Waals surface area contributed by atoms with Crippen molar-refractivity contribution in [3.63, 3.8) is 0 Å². The summed E-state index contributed by atoms with van der Waals surface area (Å²) in [5.41, 5.74) is 1.80. The van der Waals surface area contributed by atoms with Gasteiger partial charge in [0.1, 0.15) is 0 Å². The molecule has 4 nitrogen and oxygen atoms in total. The fourth-order valence-electron chi connectivity index (χ4n) is 1.07. The van der Waals surface area contributed by atoms with Crippen molar-refractivity contribution in [3.05, 3.63) is 35.2 Å². The molecule has 0 unspecified atom stereocenters. The van der Waals surface area contributed by atoms with Crippen LogP contribution in [0.1, 0.15) is 13.3 Å². The molecule has 70 valence electrons. The maximum Gasteiger partial charge on any atom is 0.240 e. The van der Waals surface area contributed by atoms with Crippen molar-refractivity contribution < 1.29 is 9.59 Å². The Morgan fingerprint density at radius 2 is 1.93 bits per heavy atom. The molecule has 0 N–H and O–H groups in total. The van der Waals surface area contributed by atoms with E-state index in [1.807, 2.05) is 13.0 Å². The van der Waals surface area contributed by atoms with Crippen LogP contribution in [0.4, 0.5) is 0 Å². The topological polar surface area (TPSA) is 58.9 Å². The summed E-state index contributed by atoms with van der Waals surface area (Å²) in [5.74, 6) is 0. The van der Waals surface area contributed by atoms with Crippen LogP contribution in [0.2, 0.25) is 0 Å². The van der Waals surface area contributed by atoms with Crippen molar-refractivity contribution in [2.45, 2.75) is 13.3 Å². The first kappa shape index (κ1) is 10.1. The highest BCUT2D eigenvalue weighted by Gasteiger charge is 2.03. The number of nitrogens with zero attached hydrogens (tertiary/aromatic N) is 2. The van der Waals surface area contributed by atoms with E-state index in [1.54, 1.807) is 12.2 Å². The van der Waals surface area contributed by atoms with Gasteiger partial charge < -0.3 is 0 Å². The molecule has 0 radical (unpaired) electrons. The zero-order valence-corrected chi connectivity index (χ0v) is 7.65. The number of hydrogen-bond acceptors (Lipinski definition) is 4. The van der Waals surface area contributed by atoms with Gasteiger partial charge in [0.15, 0.2) is 0 Å². The molecule has 4 heteroatoms. The summed E-state index contributed by atoms with van der Waals surface area (Å²) in [7, 11) is 0. The largest absolute Gasteiger partial charge is 0.240 e. The lowest BCUT2D eigenvalue weighted by Crippen LogP contribution is -1.81. The van der Waals surface area contributed by atoms with Gasteiger partial charge in [0.25, 0.3) is 0 Å². The van der Waals surface area contributed by atoms with E-state index in [0.29, 0.717) is 17.8 Å². The van der Waals surface area contributed by atoms with E-state index in [9.17, 15) is 9.59 Å². The second-order valence-corrected chi connectivity index (χ2v) is 2.69. The van der Waals surface area contributed by atoms with Gasteiger partial charge in [-0.2, -0.15) is 9.98 Å². The van der Waals surface area contributed by atoms with Gasteiger partial charge in [-0.3, -0.25) is 0 Å². The normalized spacial score (nSPS) is 15.1. The highest BCUT2D eigenvalue weighted by molar-refractivity contribution is 5.48. The minimum Gasteiger partial charge on any atom is -0.211 e. The summed E-state index contributed by atoms with van der Waals surface area (Å²) in [6, 6.07) is 0. The monoisotopic (exact) mass is 188 g/mol. The predicted octanol–water partition coefficient (Wildman–Crippen LogP) is 1.78. The molecule has 1 aliphatic rings. The van der Waals surface area contributed by atoms with E-state index in [4.69, 9.17) is 0 Å². The molecule has 0 amide bonds. The number of aliphatic imine (C=N–C) groups is 2. The van der Waals surface area contributed by atoms with E-state index in [0.717, 1.165) is 5.57 Å². The maximum absolute atomic E-state index is 10.1. The van der Waals surface area contributed by atoms with Crippen molar-refractivity contribution in [2.24, 2.45) is 9.98 Å². The first-order valence-corrected chi connectivity index (χ1v) is 4.02. The Labute approximate surface area is 81.1 Å². The SMILES string of the molecule is CC1=CCC=C(N=C=O)C=C1N=C=O. The van der Waals surface area contributed by atoms with Crippen LogP contribution in [0, 0.1) is 0 Å². The third kappa shape index (κ3) is 2.49. The molecular formula is C10H8N2O2. The molecule has 0 spiro atoms. The molecule has 0 atom stereocenters. The summed E-state index contributed by atoms with van der Waals surface area (Å²) in [4.78, 5) is 27.1. The van der Waals surface area contributed by atoms with Crippen LogP contribution in [-0.2, 0) is 9.59 Å². The van der Waals surface area contributed by atoms with Gasteiger partial charge >= 0.3 is 0 Å². The van der Waals surface area contributed by atoms with Gasteiger partial charge in [-0.25, -0.2) is 9.59 Å². The van der Waals surface area contributed by atoms with Crippen LogP contribution in [0.5, 0.6) is 0 Å². The van der Waals surface area contributed by atoms with Crippen LogP contribution < -0.4 is 0 Å². The molecule has 0 aliphatic heterocycles. The third-order valence-electron chi connectivity index (χ3n) is 1.78. The lowest BCUT2D eigenvalue weighted by Gasteiger charge is -1.95. The van der Waals surface area contributed by atoms with Crippen molar-refractivity contribution in [1.82, 2.24) is 0 Å². The lowest BCUT2D eigenvalue weighted by atomic mass is 10.2. The van der Waals surface area contributed by atoms with E-state index >= 15 is 0 Å². The summed E-state index contributed by atoms with van der Waals surface area (Å²) in [5, 5.41) is 0. The van der Waals surface area contributed by atoms with Gasteiger partial charge in [0, 0.05) is 0 Å². The first-order chi connectivity index (χ1) is 6.77. The fourth-order valence-corrected chi connectivity index (χ4v) is 1.07. The van der Waals surface area contributed by atoms with E-state index in [2.05, 4.69) is 9.98 Å². The number of rotatable bonds is 2. The van der Waals surface area contributed by atoms with E-state index < -0.39 is 0 Å². The zero-order valence-electron chi connectivity index (χ0n) is 7.65. The van der Waals surface area contributed by atoms with Gasteiger partial charge in [0.2, 0.25) is 12.2 Å². The Kier molecular flexibility index (Phi) is 3.50. The highest BCUT2D eigenvalue weighted by Crippen LogP contribution is 2.18. The Morgan fingerprint density at radius 3 is 2.57 bits per heavy atom. The summed E-state index contributed by atoms with van der Waals surface area (Å²) >= 11 is 0. The molecule has 0 bridgehead atoms.